The van der Waals surface area contributed by atoms with Crippen LogP contribution in [0.1, 0.15) is 5.69 Å². The minimum atomic E-state index is 0.203. The maximum absolute atomic E-state index is 9.76. The highest BCUT2D eigenvalue weighted by Gasteiger charge is 2.16. The van der Waals surface area contributed by atoms with Crippen LogP contribution in [0.15, 0.2) is 6.33 Å². The average molecular weight is 194 g/mol. The van der Waals surface area contributed by atoms with E-state index in [0.717, 1.165) is 26.2 Å². The maximum atomic E-state index is 9.76. The number of nitrogens with zero attached hydrogens (tertiary/aromatic N) is 3. The number of aryl methyl sites for hydroxylation is 1. The van der Waals surface area contributed by atoms with Crippen molar-refractivity contribution < 1.29 is 5.11 Å². The van der Waals surface area contributed by atoms with Gasteiger partial charge in [-0.3, -0.25) is 0 Å². The van der Waals surface area contributed by atoms with E-state index >= 15 is 0 Å². The molecule has 0 amide bonds. The summed E-state index contributed by atoms with van der Waals surface area (Å²) in [5.74, 6) is 0.855. The Balaban J connectivity index is 2.26. The summed E-state index contributed by atoms with van der Waals surface area (Å²) in [5, 5.41) is 13.0. The van der Waals surface area contributed by atoms with Crippen molar-refractivity contribution in [2.45, 2.75) is 6.92 Å². The Hall–Kier alpha value is -1.36. The summed E-state index contributed by atoms with van der Waals surface area (Å²) in [6, 6.07) is 0. The first kappa shape index (κ1) is 9.21. The molecular formula is C9H14N4O. The van der Waals surface area contributed by atoms with Crippen molar-refractivity contribution in [3.8, 4) is 5.75 Å². The van der Waals surface area contributed by atoms with E-state index in [2.05, 4.69) is 20.2 Å². The van der Waals surface area contributed by atoms with Crippen molar-refractivity contribution in [2.24, 2.45) is 0 Å². The quantitative estimate of drug-likeness (QED) is 0.653. The van der Waals surface area contributed by atoms with E-state index in [0.29, 0.717) is 11.5 Å². The molecule has 2 heterocycles. The van der Waals surface area contributed by atoms with Crippen LogP contribution in [0.4, 0.5) is 5.82 Å². The molecule has 0 spiro atoms. The van der Waals surface area contributed by atoms with Crippen molar-refractivity contribution in [2.75, 3.05) is 31.1 Å². The van der Waals surface area contributed by atoms with Crippen LogP contribution in [0.3, 0.4) is 0 Å². The second kappa shape index (κ2) is 3.79. The zero-order valence-electron chi connectivity index (χ0n) is 8.19. The van der Waals surface area contributed by atoms with E-state index < -0.39 is 0 Å². The van der Waals surface area contributed by atoms with E-state index in [1.807, 2.05) is 0 Å². The van der Waals surface area contributed by atoms with Crippen LogP contribution in [0, 0.1) is 6.92 Å². The number of aromatic nitrogens is 2. The van der Waals surface area contributed by atoms with Gasteiger partial charge in [-0.15, -0.1) is 0 Å². The molecule has 0 unspecified atom stereocenters. The van der Waals surface area contributed by atoms with Gasteiger partial charge in [0.05, 0.1) is 5.69 Å². The number of piperazine rings is 1. The fourth-order valence-electron chi connectivity index (χ4n) is 1.56. The minimum Gasteiger partial charge on any atom is -0.503 e. The second-order valence-corrected chi connectivity index (χ2v) is 3.37. The lowest BCUT2D eigenvalue weighted by molar-refractivity contribution is 0.459. The third kappa shape index (κ3) is 1.63. The van der Waals surface area contributed by atoms with Crippen LogP contribution in [0.5, 0.6) is 5.75 Å². The van der Waals surface area contributed by atoms with Gasteiger partial charge in [0.1, 0.15) is 6.33 Å². The Morgan fingerprint density at radius 2 is 2.07 bits per heavy atom. The van der Waals surface area contributed by atoms with Crippen molar-refractivity contribution >= 4 is 5.82 Å². The van der Waals surface area contributed by atoms with E-state index in [1.165, 1.54) is 6.33 Å². The molecule has 5 heteroatoms. The molecule has 0 radical (unpaired) electrons. The first-order valence-corrected chi connectivity index (χ1v) is 4.75. The molecule has 76 valence electrons. The molecule has 1 aliphatic heterocycles. The Kier molecular flexibility index (Phi) is 2.49. The SMILES string of the molecule is Cc1ncnc(N2CCNCC2)c1O. The van der Waals surface area contributed by atoms with Crippen LogP contribution in [-0.2, 0) is 0 Å². The standard InChI is InChI=1S/C9H14N4O/c1-7-8(14)9(12-6-11-7)13-4-2-10-3-5-13/h6,10,14H,2-5H2,1H3. The van der Waals surface area contributed by atoms with Gasteiger partial charge >= 0.3 is 0 Å². The fraction of sp³-hybridized carbons (Fsp3) is 0.556. The molecule has 0 saturated carbocycles. The van der Waals surface area contributed by atoms with Crippen LogP contribution < -0.4 is 10.2 Å². The number of nitrogens with one attached hydrogen (secondary N) is 1. The lowest BCUT2D eigenvalue weighted by Crippen LogP contribution is -2.44. The van der Waals surface area contributed by atoms with Gasteiger partial charge in [0.2, 0.25) is 0 Å². The van der Waals surface area contributed by atoms with Gasteiger partial charge in [-0.2, -0.15) is 0 Å². The second-order valence-electron chi connectivity index (χ2n) is 3.37. The topological polar surface area (TPSA) is 61.3 Å². The molecule has 1 fully saturated rings. The zero-order valence-corrected chi connectivity index (χ0v) is 8.19. The van der Waals surface area contributed by atoms with E-state index in [1.54, 1.807) is 6.92 Å². The largest absolute Gasteiger partial charge is 0.503 e. The minimum absolute atomic E-state index is 0.203. The predicted molar refractivity (Wildman–Crippen MR) is 53.5 cm³/mol. The third-order valence-corrected chi connectivity index (χ3v) is 2.40. The van der Waals surface area contributed by atoms with Crippen LogP contribution in [-0.4, -0.2) is 41.3 Å². The Labute approximate surface area is 82.8 Å². The van der Waals surface area contributed by atoms with E-state index in [9.17, 15) is 5.11 Å². The number of hydrogen-bond donors (Lipinski definition) is 2. The van der Waals surface area contributed by atoms with Crippen molar-refractivity contribution in [1.29, 1.82) is 0 Å². The molecule has 1 aromatic heterocycles. The molecular weight excluding hydrogens is 180 g/mol. The number of anilines is 1. The van der Waals surface area contributed by atoms with Gasteiger partial charge in [-0.25, -0.2) is 9.97 Å². The highest BCUT2D eigenvalue weighted by Crippen LogP contribution is 2.25. The van der Waals surface area contributed by atoms with Crippen molar-refractivity contribution in [3.63, 3.8) is 0 Å². The predicted octanol–water partition coefficient (Wildman–Crippen LogP) is -0.0998. The van der Waals surface area contributed by atoms with Gasteiger partial charge in [0, 0.05) is 26.2 Å². The molecule has 0 aliphatic carbocycles. The fourth-order valence-corrected chi connectivity index (χ4v) is 1.56. The number of aromatic hydroxyl groups is 1. The molecule has 2 N–H and O–H groups in total. The summed E-state index contributed by atoms with van der Waals surface area (Å²) in [6.07, 6.45) is 1.49. The van der Waals surface area contributed by atoms with Gasteiger partial charge in [-0.05, 0) is 6.92 Å². The maximum Gasteiger partial charge on any atom is 0.180 e. The Morgan fingerprint density at radius 3 is 2.79 bits per heavy atom. The number of rotatable bonds is 1. The van der Waals surface area contributed by atoms with Crippen LogP contribution in [0.25, 0.3) is 0 Å². The molecule has 0 aromatic carbocycles. The summed E-state index contributed by atoms with van der Waals surface area (Å²) < 4.78 is 0. The zero-order chi connectivity index (χ0) is 9.97. The van der Waals surface area contributed by atoms with Gasteiger partial charge < -0.3 is 15.3 Å². The third-order valence-electron chi connectivity index (χ3n) is 2.40. The molecule has 2 rings (SSSR count). The van der Waals surface area contributed by atoms with Gasteiger partial charge in [0.15, 0.2) is 11.6 Å². The highest BCUT2D eigenvalue weighted by molar-refractivity contribution is 5.53. The first-order valence-electron chi connectivity index (χ1n) is 4.75. The summed E-state index contributed by atoms with van der Waals surface area (Å²) in [4.78, 5) is 10.1. The first-order chi connectivity index (χ1) is 6.79. The van der Waals surface area contributed by atoms with Gasteiger partial charge in [0.25, 0.3) is 0 Å². The molecule has 1 saturated heterocycles. The van der Waals surface area contributed by atoms with E-state index in [-0.39, 0.29) is 5.75 Å². The smallest absolute Gasteiger partial charge is 0.180 e. The van der Waals surface area contributed by atoms with Crippen molar-refractivity contribution in [3.05, 3.63) is 12.0 Å². The molecule has 5 nitrogen and oxygen atoms in total. The summed E-state index contributed by atoms with van der Waals surface area (Å²) in [7, 11) is 0. The Bertz CT molecular complexity index is 323. The molecule has 1 aromatic rings. The molecule has 0 atom stereocenters. The summed E-state index contributed by atoms with van der Waals surface area (Å²) in [6.45, 7) is 5.40. The monoisotopic (exact) mass is 194 g/mol. The Morgan fingerprint density at radius 1 is 1.36 bits per heavy atom. The molecule has 0 bridgehead atoms. The normalized spacial score (nSPS) is 17.1. The van der Waals surface area contributed by atoms with Crippen LogP contribution >= 0.6 is 0 Å². The number of hydrogen-bond acceptors (Lipinski definition) is 5. The average Bonchev–Trinajstić information content (AvgIpc) is 2.23. The summed E-state index contributed by atoms with van der Waals surface area (Å²) in [5.41, 5.74) is 0.633. The molecule has 14 heavy (non-hydrogen) atoms. The van der Waals surface area contributed by atoms with E-state index in [4.69, 9.17) is 0 Å². The lowest BCUT2D eigenvalue weighted by atomic mass is 10.3. The molecule has 1 aliphatic rings. The van der Waals surface area contributed by atoms with Gasteiger partial charge in [-0.1, -0.05) is 0 Å². The summed E-state index contributed by atoms with van der Waals surface area (Å²) >= 11 is 0. The lowest BCUT2D eigenvalue weighted by Gasteiger charge is -2.28. The van der Waals surface area contributed by atoms with Crippen molar-refractivity contribution in [1.82, 2.24) is 15.3 Å². The highest BCUT2D eigenvalue weighted by atomic mass is 16.3. The van der Waals surface area contributed by atoms with Crippen LogP contribution in [0.2, 0.25) is 0 Å².